The Kier molecular flexibility index (Phi) is 9.07. The third kappa shape index (κ3) is 7.70. The number of aromatic nitrogens is 3. The fourth-order valence-corrected chi connectivity index (χ4v) is 4.66. The van der Waals surface area contributed by atoms with E-state index in [4.69, 9.17) is 10.5 Å². The topological polar surface area (TPSA) is 139 Å². The first-order chi connectivity index (χ1) is 20.2. The molecule has 4 aromatic rings. The maximum absolute atomic E-state index is 15.4. The predicted molar refractivity (Wildman–Crippen MR) is 167 cm³/mol. The van der Waals surface area contributed by atoms with E-state index in [9.17, 15) is 9.59 Å². The van der Waals surface area contributed by atoms with Gasteiger partial charge in [-0.3, -0.25) is 9.48 Å². The molecule has 0 saturated heterocycles. The van der Waals surface area contributed by atoms with Crippen LogP contribution in [0.25, 0.3) is 10.9 Å². The molecule has 0 spiro atoms. The molecule has 2 heterocycles. The summed E-state index contributed by atoms with van der Waals surface area (Å²) in [5, 5.41) is 14.6. The Morgan fingerprint density at radius 3 is 2.42 bits per heavy atom. The van der Waals surface area contributed by atoms with Crippen LogP contribution in [0.2, 0.25) is 0 Å². The SMILES string of the molecule is C[C@H](NC(=O)OC(C)(C)C)[C@@H](Cc1ccccc1)Nc1nc(Nc2ccc3c(c2)c(N(C)C)nn3C)c(C(N)=O)cc1F. The number of anilines is 4. The van der Waals surface area contributed by atoms with Gasteiger partial charge in [-0.15, -0.1) is 0 Å². The average Bonchev–Trinajstić information content (AvgIpc) is 3.25. The lowest BCUT2D eigenvalue weighted by molar-refractivity contribution is 0.0503. The number of benzene rings is 2. The molecule has 0 bridgehead atoms. The second kappa shape index (κ2) is 12.6. The van der Waals surface area contributed by atoms with Crippen LogP contribution in [-0.4, -0.2) is 58.5 Å². The summed E-state index contributed by atoms with van der Waals surface area (Å²) in [4.78, 5) is 31.2. The Morgan fingerprint density at radius 1 is 1.09 bits per heavy atom. The van der Waals surface area contributed by atoms with Crippen molar-refractivity contribution in [3.8, 4) is 0 Å². The highest BCUT2D eigenvalue weighted by atomic mass is 19.1. The van der Waals surface area contributed by atoms with Gasteiger partial charge in [0.1, 0.15) is 11.4 Å². The molecule has 43 heavy (non-hydrogen) atoms. The van der Waals surface area contributed by atoms with Gasteiger partial charge < -0.3 is 31.3 Å². The van der Waals surface area contributed by atoms with E-state index in [0.717, 1.165) is 28.4 Å². The summed E-state index contributed by atoms with van der Waals surface area (Å²) < 4.78 is 22.6. The highest BCUT2D eigenvalue weighted by Gasteiger charge is 2.26. The van der Waals surface area contributed by atoms with Gasteiger partial charge in [0, 0.05) is 38.3 Å². The van der Waals surface area contributed by atoms with Crippen molar-refractivity contribution in [1.82, 2.24) is 20.1 Å². The first-order valence-corrected chi connectivity index (χ1v) is 13.9. The normalized spacial score (nSPS) is 12.8. The number of nitrogens with zero attached hydrogens (tertiary/aromatic N) is 4. The van der Waals surface area contributed by atoms with Crippen LogP contribution < -0.4 is 26.6 Å². The maximum atomic E-state index is 15.4. The Morgan fingerprint density at radius 2 is 1.79 bits per heavy atom. The van der Waals surface area contributed by atoms with E-state index in [0.29, 0.717) is 12.1 Å². The molecule has 5 N–H and O–H groups in total. The lowest BCUT2D eigenvalue weighted by Gasteiger charge is -2.28. The van der Waals surface area contributed by atoms with Crippen molar-refractivity contribution in [1.29, 1.82) is 0 Å². The quantitative estimate of drug-likeness (QED) is 0.203. The van der Waals surface area contributed by atoms with Crippen LogP contribution in [-0.2, 0) is 18.2 Å². The van der Waals surface area contributed by atoms with Gasteiger partial charge in [-0.25, -0.2) is 14.2 Å². The minimum Gasteiger partial charge on any atom is -0.444 e. The van der Waals surface area contributed by atoms with Crippen molar-refractivity contribution in [3.05, 3.63) is 71.5 Å². The number of halogens is 1. The van der Waals surface area contributed by atoms with E-state index in [-0.39, 0.29) is 17.2 Å². The summed E-state index contributed by atoms with van der Waals surface area (Å²) >= 11 is 0. The molecule has 4 rings (SSSR count). The molecule has 0 unspecified atom stereocenters. The highest BCUT2D eigenvalue weighted by Crippen LogP contribution is 2.30. The average molecular weight is 591 g/mol. The van der Waals surface area contributed by atoms with Crippen LogP contribution in [0.5, 0.6) is 0 Å². The van der Waals surface area contributed by atoms with Gasteiger partial charge in [-0.1, -0.05) is 30.3 Å². The van der Waals surface area contributed by atoms with Gasteiger partial charge in [-0.2, -0.15) is 5.10 Å². The number of fused-ring (bicyclic) bond motifs is 1. The number of aryl methyl sites for hydroxylation is 1. The van der Waals surface area contributed by atoms with E-state index >= 15 is 4.39 Å². The molecule has 0 radical (unpaired) electrons. The number of nitrogens with two attached hydrogens (primary N) is 1. The second-order valence-electron chi connectivity index (χ2n) is 11.7. The van der Waals surface area contributed by atoms with E-state index in [1.54, 1.807) is 32.4 Å². The smallest absolute Gasteiger partial charge is 0.407 e. The molecule has 2 atom stereocenters. The molecule has 0 aliphatic rings. The van der Waals surface area contributed by atoms with E-state index in [1.807, 2.05) is 74.6 Å². The van der Waals surface area contributed by atoms with E-state index < -0.39 is 35.5 Å². The monoisotopic (exact) mass is 590 g/mol. The number of pyridine rings is 1. The van der Waals surface area contributed by atoms with Gasteiger partial charge in [0.05, 0.1) is 17.1 Å². The van der Waals surface area contributed by atoms with Crippen molar-refractivity contribution in [3.63, 3.8) is 0 Å². The maximum Gasteiger partial charge on any atom is 0.407 e. The van der Waals surface area contributed by atoms with E-state index in [2.05, 4.69) is 26.0 Å². The molecule has 0 fully saturated rings. The number of alkyl carbamates (subject to hydrolysis) is 1. The number of nitrogens with one attached hydrogen (secondary N) is 3. The Hall–Kier alpha value is -4.87. The number of carbonyl (C=O) groups excluding carboxylic acids is 2. The molecule has 228 valence electrons. The van der Waals surface area contributed by atoms with Gasteiger partial charge in [0.15, 0.2) is 17.5 Å². The molecule has 0 aliphatic heterocycles. The summed E-state index contributed by atoms with van der Waals surface area (Å²) in [5.74, 6) is -0.863. The summed E-state index contributed by atoms with van der Waals surface area (Å²) in [6.07, 6.45) is -0.160. The number of carbonyl (C=O) groups is 2. The summed E-state index contributed by atoms with van der Waals surface area (Å²) in [6.45, 7) is 7.13. The van der Waals surface area contributed by atoms with Crippen LogP contribution >= 0.6 is 0 Å². The lowest BCUT2D eigenvalue weighted by Crippen LogP contribution is -2.47. The third-order valence-corrected chi connectivity index (χ3v) is 6.73. The highest BCUT2D eigenvalue weighted by molar-refractivity contribution is 5.99. The van der Waals surface area contributed by atoms with Crippen LogP contribution in [0.1, 0.15) is 43.6 Å². The number of hydrogen-bond donors (Lipinski definition) is 4. The zero-order valence-electron chi connectivity index (χ0n) is 25.5. The molecular weight excluding hydrogens is 551 g/mol. The predicted octanol–water partition coefficient (Wildman–Crippen LogP) is 4.95. The number of amides is 2. The lowest BCUT2D eigenvalue weighted by atomic mass is 10.00. The zero-order chi connectivity index (χ0) is 31.5. The summed E-state index contributed by atoms with van der Waals surface area (Å²) in [6, 6.07) is 15.2. The molecule has 0 saturated carbocycles. The molecular formula is C31H39FN8O3. The molecule has 12 heteroatoms. The standard InChI is InChI=1S/C31H39FN8O3/c1-18(34-30(42)43-31(2,3)4)24(15-19-11-9-8-10-12-19)36-28-23(32)17-22(26(33)41)27(37-28)35-20-13-14-25-21(16-20)29(39(5)6)38-40(25)7/h8-14,16-18,24H,15H2,1-7H3,(H2,33,41)(H,34,42)(H2,35,36,37)/t18-,24+/m0/s1. The second-order valence-corrected chi connectivity index (χ2v) is 11.7. The first kappa shape index (κ1) is 31.1. The van der Waals surface area contributed by atoms with Crippen LogP contribution in [0.15, 0.2) is 54.6 Å². The fourth-order valence-electron chi connectivity index (χ4n) is 4.66. The fraction of sp³-hybridized carbons (Fsp3) is 0.355. The third-order valence-electron chi connectivity index (χ3n) is 6.73. The van der Waals surface area contributed by atoms with Crippen molar-refractivity contribution in [2.75, 3.05) is 29.6 Å². The van der Waals surface area contributed by atoms with Crippen molar-refractivity contribution in [2.45, 2.75) is 51.8 Å². The van der Waals surface area contributed by atoms with Gasteiger partial charge in [0.25, 0.3) is 5.91 Å². The molecule has 11 nitrogen and oxygen atoms in total. The largest absolute Gasteiger partial charge is 0.444 e. The number of hydrogen-bond acceptors (Lipinski definition) is 8. The Labute approximate surface area is 250 Å². The Balaban J connectivity index is 1.68. The van der Waals surface area contributed by atoms with Crippen molar-refractivity contribution in [2.24, 2.45) is 12.8 Å². The number of primary amides is 1. The summed E-state index contributed by atoms with van der Waals surface area (Å²) in [5.41, 5.74) is 7.31. The van der Waals surface area contributed by atoms with Crippen molar-refractivity contribution >= 4 is 46.0 Å². The Bertz CT molecular complexity index is 1620. The van der Waals surface area contributed by atoms with Gasteiger partial charge >= 0.3 is 6.09 Å². The van der Waals surface area contributed by atoms with Crippen LogP contribution in [0.4, 0.5) is 32.3 Å². The van der Waals surface area contributed by atoms with Crippen LogP contribution in [0, 0.1) is 5.82 Å². The molecule has 2 amide bonds. The van der Waals surface area contributed by atoms with E-state index in [1.165, 1.54) is 0 Å². The number of ether oxygens (including phenoxy) is 1. The summed E-state index contributed by atoms with van der Waals surface area (Å²) in [7, 11) is 5.66. The minimum absolute atomic E-state index is 0.0808. The molecule has 2 aromatic carbocycles. The van der Waals surface area contributed by atoms with Gasteiger partial charge in [0.2, 0.25) is 0 Å². The van der Waals surface area contributed by atoms with Gasteiger partial charge in [-0.05, 0) is 63.9 Å². The van der Waals surface area contributed by atoms with Crippen LogP contribution in [0.3, 0.4) is 0 Å². The van der Waals surface area contributed by atoms with Crippen molar-refractivity contribution < 1.29 is 18.7 Å². The zero-order valence-corrected chi connectivity index (χ0v) is 25.5. The molecule has 0 aliphatic carbocycles. The number of rotatable bonds is 10. The molecule has 2 aromatic heterocycles. The first-order valence-electron chi connectivity index (χ1n) is 13.9. The minimum atomic E-state index is -0.835.